The molecule has 0 aliphatic carbocycles. The second-order valence-corrected chi connectivity index (χ2v) is 10.9. The molecule has 0 saturated carbocycles. The molecule has 0 atom stereocenters. The second-order valence-electron chi connectivity index (χ2n) is 6.95. The minimum atomic E-state index is -4.98. The molecule has 0 spiro atoms. The first-order valence-electron chi connectivity index (χ1n) is 9.66. The lowest BCUT2D eigenvalue weighted by Crippen LogP contribution is -2.50. The van der Waals surface area contributed by atoms with Crippen LogP contribution in [0.5, 0.6) is 0 Å². The molecular weight excluding hydrogens is 466 g/mol. The first-order valence-corrected chi connectivity index (χ1v) is 12.8. The Hall–Kier alpha value is -2.64. The van der Waals surface area contributed by atoms with Gasteiger partial charge in [-0.15, -0.1) is 0 Å². The molecule has 0 unspecified atom stereocenters. The highest BCUT2D eigenvalue weighted by Gasteiger charge is 2.31. The highest BCUT2D eigenvalue weighted by molar-refractivity contribution is 7.91. The summed E-state index contributed by atoms with van der Waals surface area (Å²) in [6, 6.07) is 10.0. The van der Waals surface area contributed by atoms with Crippen LogP contribution in [-0.2, 0) is 19.9 Å². The zero-order valence-corrected chi connectivity index (χ0v) is 18.5. The summed E-state index contributed by atoms with van der Waals surface area (Å²) in [6.45, 7) is 1.12. The summed E-state index contributed by atoms with van der Waals surface area (Å²) in [5.74, 6) is -4.28. The number of nitrogens with one attached hydrogen (secondary N) is 1. The number of anilines is 1. The Morgan fingerprint density at radius 3 is 2.28 bits per heavy atom. The fraction of sp³-hybridized carbons (Fsp3) is 0.368. The van der Waals surface area contributed by atoms with E-state index in [9.17, 15) is 30.4 Å². The van der Waals surface area contributed by atoms with E-state index in [1.165, 1.54) is 16.4 Å². The highest BCUT2D eigenvalue weighted by Crippen LogP contribution is 2.22. The molecule has 32 heavy (non-hydrogen) atoms. The third kappa shape index (κ3) is 5.40. The van der Waals surface area contributed by atoms with E-state index >= 15 is 0 Å². The topological polar surface area (TPSA) is 117 Å². The van der Waals surface area contributed by atoms with Crippen molar-refractivity contribution in [3.8, 4) is 0 Å². The maximum atomic E-state index is 12.9. The lowest BCUT2D eigenvalue weighted by Gasteiger charge is -2.34. The molecule has 1 fully saturated rings. The third-order valence-electron chi connectivity index (χ3n) is 4.92. The van der Waals surface area contributed by atoms with Crippen molar-refractivity contribution < 1.29 is 30.4 Å². The molecule has 1 aromatic heterocycles. The Bertz CT molecular complexity index is 1150. The van der Waals surface area contributed by atoms with Gasteiger partial charge in [0.15, 0.2) is 0 Å². The zero-order valence-electron chi connectivity index (χ0n) is 16.9. The maximum Gasteiger partial charge on any atom is 0.341 e. The standard InChI is InChI=1S/C19H22F2N4O5S2/c20-19(21)32(29,30)16-6-2-1-5-15(16)18(26)23-9-14-31(27,28)25-12-10-24(11-13-25)17-7-3-4-8-22-17/h1-8,19H,9-14H2,(H,23,26). The van der Waals surface area contributed by atoms with Crippen LogP contribution < -0.4 is 10.2 Å². The van der Waals surface area contributed by atoms with Crippen LogP contribution in [0, 0.1) is 0 Å². The van der Waals surface area contributed by atoms with Gasteiger partial charge in [0.25, 0.3) is 5.91 Å². The number of alkyl halides is 2. The number of carbonyl (C=O) groups excluding carboxylic acids is 1. The lowest BCUT2D eigenvalue weighted by atomic mass is 10.2. The lowest BCUT2D eigenvalue weighted by molar-refractivity contribution is 0.0952. The highest BCUT2D eigenvalue weighted by atomic mass is 32.2. The van der Waals surface area contributed by atoms with Crippen molar-refractivity contribution in [3.63, 3.8) is 0 Å². The zero-order chi connectivity index (χ0) is 23.4. The Morgan fingerprint density at radius 2 is 1.66 bits per heavy atom. The van der Waals surface area contributed by atoms with Gasteiger partial charge >= 0.3 is 5.76 Å². The van der Waals surface area contributed by atoms with Crippen LogP contribution in [0.25, 0.3) is 0 Å². The monoisotopic (exact) mass is 488 g/mol. The molecule has 1 amide bonds. The number of sulfonamides is 1. The van der Waals surface area contributed by atoms with Crippen molar-refractivity contribution in [2.24, 2.45) is 0 Å². The molecule has 9 nitrogen and oxygen atoms in total. The maximum absolute atomic E-state index is 12.9. The number of hydrogen-bond donors (Lipinski definition) is 1. The Balaban J connectivity index is 1.57. The number of hydrogen-bond acceptors (Lipinski definition) is 7. The number of pyridine rings is 1. The van der Waals surface area contributed by atoms with Crippen LogP contribution in [-0.4, -0.2) is 76.3 Å². The number of nitrogens with zero attached hydrogens (tertiary/aromatic N) is 3. The number of aromatic nitrogens is 1. The Labute approximate surface area is 185 Å². The van der Waals surface area contributed by atoms with Crippen LogP contribution in [0.3, 0.4) is 0 Å². The number of halogens is 2. The summed E-state index contributed by atoms with van der Waals surface area (Å²) in [6.07, 6.45) is 1.66. The number of benzene rings is 1. The summed E-state index contributed by atoms with van der Waals surface area (Å²) in [5.41, 5.74) is -0.464. The van der Waals surface area contributed by atoms with E-state index in [0.717, 1.165) is 18.0 Å². The SMILES string of the molecule is O=C(NCCS(=O)(=O)N1CCN(c2ccccn2)CC1)c1ccccc1S(=O)(=O)C(F)F. The molecule has 1 aromatic carbocycles. The van der Waals surface area contributed by atoms with Crippen molar-refractivity contribution in [1.82, 2.24) is 14.6 Å². The van der Waals surface area contributed by atoms with Gasteiger partial charge in [0.05, 0.1) is 16.2 Å². The number of sulfone groups is 1. The normalized spacial score (nSPS) is 15.7. The van der Waals surface area contributed by atoms with Gasteiger partial charge in [-0.1, -0.05) is 18.2 Å². The van der Waals surface area contributed by atoms with Crippen LogP contribution in [0.1, 0.15) is 10.4 Å². The minimum Gasteiger partial charge on any atom is -0.354 e. The Kier molecular flexibility index (Phi) is 7.41. The molecule has 3 rings (SSSR count). The quantitative estimate of drug-likeness (QED) is 0.588. The van der Waals surface area contributed by atoms with E-state index in [0.29, 0.717) is 13.1 Å². The first kappa shape index (κ1) is 24.0. The smallest absolute Gasteiger partial charge is 0.341 e. The average molecular weight is 489 g/mol. The number of amides is 1. The molecule has 13 heteroatoms. The average Bonchev–Trinajstić information content (AvgIpc) is 2.79. The van der Waals surface area contributed by atoms with E-state index in [-0.39, 0.29) is 19.6 Å². The van der Waals surface area contributed by atoms with E-state index in [4.69, 9.17) is 0 Å². The van der Waals surface area contributed by atoms with E-state index in [1.54, 1.807) is 12.3 Å². The summed E-state index contributed by atoms with van der Waals surface area (Å²) in [5, 5.41) is 2.31. The molecule has 0 radical (unpaired) electrons. The van der Waals surface area contributed by atoms with Crippen molar-refractivity contribution in [2.45, 2.75) is 10.7 Å². The van der Waals surface area contributed by atoms with Crippen LogP contribution >= 0.6 is 0 Å². The van der Waals surface area contributed by atoms with Crippen molar-refractivity contribution >= 4 is 31.6 Å². The largest absolute Gasteiger partial charge is 0.354 e. The van der Waals surface area contributed by atoms with Crippen molar-refractivity contribution in [2.75, 3.05) is 43.4 Å². The van der Waals surface area contributed by atoms with E-state index in [1.807, 2.05) is 17.0 Å². The van der Waals surface area contributed by atoms with Crippen LogP contribution in [0.15, 0.2) is 53.6 Å². The van der Waals surface area contributed by atoms with E-state index in [2.05, 4.69) is 10.3 Å². The van der Waals surface area contributed by atoms with Crippen LogP contribution in [0.2, 0.25) is 0 Å². The summed E-state index contributed by atoms with van der Waals surface area (Å²) < 4.78 is 75.9. The number of rotatable bonds is 8. The molecule has 2 heterocycles. The number of carbonyl (C=O) groups is 1. The van der Waals surface area contributed by atoms with E-state index < -0.39 is 47.7 Å². The molecular formula is C19H22F2N4O5S2. The molecule has 174 valence electrons. The molecule has 2 aromatic rings. The molecule has 1 aliphatic heterocycles. The van der Waals surface area contributed by atoms with Crippen molar-refractivity contribution in [3.05, 3.63) is 54.2 Å². The van der Waals surface area contributed by atoms with Gasteiger partial charge in [-0.2, -0.15) is 13.1 Å². The van der Waals surface area contributed by atoms with Gasteiger partial charge in [0, 0.05) is 38.9 Å². The predicted octanol–water partition coefficient (Wildman–Crippen LogP) is 0.960. The summed E-state index contributed by atoms with van der Waals surface area (Å²) in [7, 11) is -8.67. The van der Waals surface area contributed by atoms with Gasteiger partial charge < -0.3 is 10.2 Å². The first-order chi connectivity index (χ1) is 15.1. The Morgan fingerprint density at radius 1 is 1.00 bits per heavy atom. The molecule has 1 N–H and O–H groups in total. The number of piperazine rings is 1. The fourth-order valence-electron chi connectivity index (χ4n) is 3.25. The summed E-state index contributed by atoms with van der Waals surface area (Å²) >= 11 is 0. The predicted molar refractivity (Wildman–Crippen MR) is 114 cm³/mol. The minimum absolute atomic E-state index is 0.252. The summed E-state index contributed by atoms with van der Waals surface area (Å²) in [4.78, 5) is 17.8. The fourth-order valence-corrected chi connectivity index (χ4v) is 5.52. The van der Waals surface area contributed by atoms with Gasteiger partial charge in [-0.25, -0.2) is 21.8 Å². The molecule has 0 bridgehead atoms. The van der Waals surface area contributed by atoms with Gasteiger partial charge in [0.1, 0.15) is 5.82 Å². The van der Waals surface area contributed by atoms with Gasteiger partial charge in [-0.05, 0) is 24.3 Å². The molecule has 1 aliphatic rings. The molecule has 1 saturated heterocycles. The van der Waals surface area contributed by atoms with Crippen molar-refractivity contribution in [1.29, 1.82) is 0 Å². The van der Waals surface area contributed by atoms with Gasteiger partial charge in [0.2, 0.25) is 19.9 Å². The van der Waals surface area contributed by atoms with Crippen LogP contribution in [0.4, 0.5) is 14.6 Å². The van der Waals surface area contributed by atoms with Gasteiger partial charge in [-0.3, -0.25) is 4.79 Å². The second kappa shape index (κ2) is 9.88. The third-order valence-corrected chi connectivity index (χ3v) is 8.23.